The summed E-state index contributed by atoms with van der Waals surface area (Å²) in [6, 6.07) is 8.48. The van der Waals surface area contributed by atoms with Crippen LogP contribution in [0.5, 0.6) is 0 Å². The Bertz CT molecular complexity index is 986. The second-order valence-electron chi connectivity index (χ2n) is 7.24. The van der Waals surface area contributed by atoms with Crippen LogP contribution < -0.4 is 16.6 Å². The molecule has 1 aromatic carbocycles. The molecule has 154 valence electrons. The highest BCUT2D eigenvalue weighted by atomic mass is 16.5. The van der Waals surface area contributed by atoms with Gasteiger partial charge in [0, 0.05) is 18.7 Å². The fraction of sp³-hybridized carbons (Fsp3) is 0.409. The van der Waals surface area contributed by atoms with Gasteiger partial charge in [-0.25, -0.2) is 4.79 Å². The molecule has 1 aliphatic rings. The molecule has 0 spiro atoms. The SMILES string of the molecule is C=CCc1c(NC2CCCCC2)n(COC)c(=O)n(C(=O)c2ccccc2)c1=O. The van der Waals surface area contributed by atoms with Crippen LogP contribution in [-0.2, 0) is 17.9 Å². The number of rotatable bonds is 7. The molecule has 29 heavy (non-hydrogen) atoms. The van der Waals surface area contributed by atoms with Crippen molar-refractivity contribution in [3.8, 4) is 0 Å². The summed E-state index contributed by atoms with van der Waals surface area (Å²) in [4.78, 5) is 39.4. The fourth-order valence-electron chi connectivity index (χ4n) is 3.77. The van der Waals surface area contributed by atoms with Gasteiger partial charge in [-0.2, -0.15) is 4.57 Å². The number of hydrogen-bond acceptors (Lipinski definition) is 5. The first-order valence-electron chi connectivity index (χ1n) is 9.93. The highest BCUT2D eigenvalue weighted by Gasteiger charge is 2.25. The molecule has 1 saturated carbocycles. The lowest BCUT2D eigenvalue weighted by molar-refractivity contribution is 0.0934. The van der Waals surface area contributed by atoms with E-state index in [1.54, 1.807) is 36.4 Å². The Labute approximate surface area is 169 Å². The summed E-state index contributed by atoms with van der Waals surface area (Å²) in [5.41, 5.74) is -0.717. The molecule has 0 aliphatic heterocycles. The molecule has 0 saturated heterocycles. The van der Waals surface area contributed by atoms with E-state index in [9.17, 15) is 14.4 Å². The normalized spacial score (nSPS) is 14.5. The minimum Gasteiger partial charge on any atom is -0.368 e. The van der Waals surface area contributed by atoms with Crippen LogP contribution in [0.3, 0.4) is 0 Å². The highest BCUT2D eigenvalue weighted by molar-refractivity contribution is 5.95. The second kappa shape index (κ2) is 9.52. The Morgan fingerprint density at radius 3 is 2.52 bits per heavy atom. The number of anilines is 1. The molecular formula is C22H27N3O4. The van der Waals surface area contributed by atoms with Crippen molar-refractivity contribution in [2.75, 3.05) is 12.4 Å². The first-order chi connectivity index (χ1) is 14.1. The number of allylic oxidation sites excluding steroid dienone is 1. The molecule has 0 bridgehead atoms. The van der Waals surface area contributed by atoms with Crippen LogP contribution >= 0.6 is 0 Å². The van der Waals surface area contributed by atoms with Crippen molar-refractivity contribution >= 4 is 11.7 Å². The van der Waals surface area contributed by atoms with Gasteiger partial charge in [0.15, 0.2) is 0 Å². The van der Waals surface area contributed by atoms with Gasteiger partial charge in [0.05, 0.1) is 5.56 Å². The van der Waals surface area contributed by atoms with Crippen LogP contribution in [0.25, 0.3) is 0 Å². The van der Waals surface area contributed by atoms with Gasteiger partial charge in [-0.1, -0.05) is 43.5 Å². The number of nitrogens with one attached hydrogen (secondary N) is 1. The van der Waals surface area contributed by atoms with Gasteiger partial charge >= 0.3 is 5.69 Å². The lowest BCUT2D eigenvalue weighted by Crippen LogP contribution is -2.47. The van der Waals surface area contributed by atoms with Gasteiger partial charge in [0.2, 0.25) is 0 Å². The summed E-state index contributed by atoms with van der Waals surface area (Å²) in [5, 5.41) is 3.39. The maximum atomic E-state index is 13.2. The number of benzene rings is 1. The number of ether oxygens (including phenoxy) is 1. The van der Waals surface area contributed by atoms with Gasteiger partial charge in [0.25, 0.3) is 11.5 Å². The van der Waals surface area contributed by atoms with E-state index in [1.165, 1.54) is 18.1 Å². The minimum atomic E-state index is -0.711. The van der Waals surface area contributed by atoms with Crippen molar-refractivity contribution in [3.05, 3.63) is 75.0 Å². The zero-order valence-corrected chi connectivity index (χ0v) is 16.7. The zero-order valence-electron chi connectivity index (χ0n) is 16.7. The average Bonchev–Trinajstić information content (AvgIpc) is 2.75. The number of hydrogen-bond donors (Lipinski definition) is 1. The third kappa shape index (κ3) is 4.40. The maximum Gasteiger partial charge on any atom is 0.341 e. The van der Waals surface area contributed by atoms with E-state index in [1.807, 2.05) is 0 Å². The molecule has 0 atom stereocenters. The Hall–Kier alpha value is -2.93. The van der Waals surface area contributed by atoms with Gasteiger partial charge in [-0.15, -0.1) is 6.58 Å². The molecule has 1 fully saturated rings. The monoisotopic (exact) mass is 397 g/mol. The molecule has 7 nitrogen and oxygen atoms in total. The molecule has 7 heteroatoms. The molecule has 2 aromatic rings. The molecule has 1 N–H and O–H groups in total. The average molecular weight is 397 g/mol. The van der Waals surface area contributed by atoms with E-state index in [0.29, 0.717) is 15.9 Å². The predicted octanol–water partition coefficient (Wildman–Crippen LogP) is 2.78. The van der Waals surface area contributed by atoms with Crippen molar-refractivity contribution in [2.45, 2.75) is 51.3 Å². The summed E-state index contributed by atoms with van der Waals surface area (Å²) < 4.78 is 7.25. The lowest BCUT2D eigenvalue weighted by Gasteiger charge is -2.27. The van der Waals surface area contributed by atoms with Crippen LogP contribution in [0, 0.1) is 0 Å². The predicted molar refractivity (Wildman–Crippen MR) is 113 cm³/mol. The zero-order chi connectivity index (χ0) is 20.8. The standard InChI is InChI=1S/C22H27N3O4/c1-3-10-18-19(23-17-13-8-5-9-14-17)24(15-29-2)22(28)25(21(18)27)20(26)16-11-6-4-7-12-16/h3-4,6-7,11-12,17,23H,1,5,8-10,13-15H2,2H3. The molecule has 1 aromatic heterocycles. The van der Waals surface area contributed by atoms with E-state index in [2.05, 4.69) is 11.9 Å². The van der Waals surface area contributed by atoms with Crippen molar-refractivity contribution in [1.29, 1.82) is 0 Å². The van der Waals surface area contributed by atoms with E-state index >= 15 is 0 Å². The van der Waals surface area contributed by atoms with E-state index < -0.39 is 17.2 Å². The number of methoxy groups -OCH3 is 1. The third-order valence-corrected chi connectivity index (χ3v) is 5.22. The molecule has 0 radical (unpaired) electrons. The number of carbonyl (C=O) groups excluding carboxylic acids is 1. The van der Waals surface area contributed by atoms with Crippen LogP contribution in [0.2, 0.25) is 0 Å². The van der Waals surface area contributed by atoms with Gasteiger partial charge in [-0.05, 0) is 31.4 Å². The third-order valence-electron chi connectivity index (χ3n) is 5.22. The number of aromatic nitrogens is 2. The van der Waals surface area contributed by atoms with Crippen LogP contribution in [0.4, 0.5) is 5.82 Å². The number of nitrogens with zero attached hydrogens (tertiary/aromatic N) is 2. The Morgan fingerprint density at radius 2 is 1.90 bits per heavy atom. The van der Waals surface area contributed by atoms with Gasteiger partial charge in [0.1, 0.15) is 12.5 Å². The smallest absolute Gasteiger partial charge is 0.341 e. The molecule has 0 unspecified atom stereocenters. The van der Waals surface area contributed by atoms with E-state index in [0.717, 1.165) is 25.7 Å². The Kier molecular flexibility index (Phi) is 6.82. The first kappa shape index (κ1) is 20.8. The highest BCUT2D eigenvalue weighted by Crippen LogP contribution is 2.23. The van der Waals surface area contributed by atoms with Crippen molar-refractivity contribution in [3.63, 3.8) is 0 Å². The molecule has 0 amide bonds. The lowest BCUT2D eigenvalue weighted by atomic mass is 9.95. The fourth-order valence-corrected chi connectivity index (χ4v) is 3.77. The molecular weight excluding hydrogens is 370 g/mol. The Morgan fingerprint density at radius 1 is 1.21 bits per heavy atom. The number of carbonyl (C=O) groups is 1. The summed E-state index contributed by atoms with van der Waals surface area (Å²) in [5.74, 6) is -0.231. The largest absolute Gasteiger partial charge is 0.368 e. The van der Waals surface area contributed by atoms with Gasteiger partial charge in [-0.3, -0.25) is 14.2 Å². The van der Waals surface area contributed by atoms with Gasteiger partial charge < -0.3 is 10.1 Å². The van der Waals surface area contributed by atoms with Crippen molar-refractivity contribution < 1.29 is 9.53 Å². The van der Waals surface area contributed by atoms with Crippen molar-refractivity contribution in [2.24, 2.45) is 0 Å². The minimum absolute atomic E-state index is 0.0691. The molecule has 1 heterocycles. The summed E-state index contributed by atoms with van der Waals surface area (Å²) in [6.45, 7) is 3.67. The van der Waals surface area contributed by atoms with Crippen LogP contribution in [-0.4, -0.2) is 28.2 Å². The maximum absolute atomic E-state index is 13.2. The van der Waals surface area contributed by atoms with Crippen LogP contribution in [0.15, 0.2) is 52.6 Å². The van der Waals surface area contributed by atoms with Crippen molar-refractivity contribution in [1.82, 2.24) is 9.13 Å². The second-order valence-corrected chi connectivity index (χ2v) is 7.24. The van der Waals surface area contributed by atoms with Crippen LogP contribution in [0.1, 0.15) is 48.0 Å². The summed E-state index contributed by atoms with van der Waals surface area (Å²) >= 11 is 0. The molecule has 1 aliphatic carbocycles. The Balaban J connectivity index is 2.18. The molecule has 3 rings (SSSR count). The summed E-state index contributed by atoms with van der Waals surface area (Å²) in [6.07, 6.45) is 7.18. The topological polar surface area (TPSA) is 82.3 Å². The van der Waals surface area contributed by atoms with E-state index in [-0.39, 0.29) is 24.8 Å². The first-order valence-corrected chi connectivity index (χ1v) is 9.93. The summed E-state index contributed by atoms with van der Waals surface area (Å²) in [7, 11) is 1.47. The van der Waals surface area contributed by atoms with E-state index in [4.69, 9.17) is 4.74 Å². The quantitative estimate of drug-likeness (QED) is 0.727.